The molecule has 4 aromatic heterocycles. The number of benzene rings is 1. The number of hydrogen-bond acceptors (Lipinski definition) is 5. The van der Waals surface area contributed by atoms with Crippen LogP contribution in [0, 0.1) is 19.7 Å². The Labute approximate surface area is 199 Å². The van der Waals surface area contributed by atoms with E-state index in [9.17, 15) is 9.18 Å². The summed E-state index contributed by atoms with van der Waals surface area (Å²) in [5, 5.41) is 12.8. The molecule has 1 aromatic carbocycles. The first kappa shape index (κ1) is 21.8. The number of amides is 1. The van der Waals surface area contributed by atoms with E-state index in [4.69, 9.17) is 16.0 Å². The lowest BCUT2D eigenvalue weighted by Crippen LogP contribution is -2.20. The molecular formula is C24H20ClFN6O2. The molecule has 0 aliphatic rings. The van der Waals surface area contributed by atoms with Gasteiger partial charge in [-0.1, -0.05) is 17.7 Å². The molecule has 0 radical (unpaired) electrons. The molecule has 0 bridgehead atoms. The Balaban J connectivity index is 1.35. The number of nitrogens with zero attached hydrogens (tertiary/aromatic N) is 5. The van der Waals surface area contributed by atoms with Crippen LogP contribution < -0.4 is 5.32 Å². The number of carbonyl (C=O) groups is 1. The van der Waals surface area contributed by atoms with Gasteiger partial charge in [-0.15, -0.1) is 0 Å². The molecule has 4 heterocycles. The molecule has 0 aliphatic heterocycles. The van der Waals surface area contributed by atoms with Crippen LogP contribution in [-0.4, -0.2) is 30.5 Å². The van der Waals surface area contributed by atoms with E-state index >= 15 is 0 Å². The van der Waals surface area contributed by atoms with Crippen molar-refractivity contribution in [2.45, 2.75) is 26.9 Å². The predicted octanol–water partition coefficient (Wildman–Crippen LogP) is 4.98. The SMILES string of the molecule is Cc1nn(CC(=O)Nc2cc(C)n(Cc3c(F)cccc3Cl)n2)c2nccc(-c3ccco3)c12. The molecule has 0 atom stereocenters. The van der Waals surface area contributed by atoms with E-state index in [1.165, 1.54) is 6.07 Å². The molecule has 1 amide bonds. The number of anilines is 1. The fourth-order valence-corrected chi connectivity index (χ4v) is 4.13. The Morgan fingerprint density at radius 2 is 2.00 bits per heavy atom. The number of carbonyl (C=O) groups excluding carboxylic acids is 1. The van der Waals surface area contributed by atoms with Crippen molar-refractivity contribution in [1.29, 1.82) is 0 Å². The lowest BCUT2D eigenvalue weighted by atomic mass is 10.1. The molecular weight excluding hydrogens is 459 g/mol. The Hall–Kier alpha value is -3.98. The Bertz CT molecular complexity index is 1490. The Morgan fingerprint density at radius 1 is 1.15 bits per heavy atom. The first-order valence-electron chi connectivity index (χ1n) is 10.5. The summed E-state index contributed by atoms with van der Waals surface area (Å²) >= 11 is 6.13. The van der Waals surface area contributed by atoms with Crippen molar-refractivity contribution in [1.82, 2.24) is 24.5 Å². The van der Waals surface area contributed by atoms with Crippen molar-refractivity contribution in [2.24, 2.45) is 0 Å². The van der Waals surface area contributed by atoms with Crippen LogP contribution >= 0.6 is 11.6 Å². The van der Waals surface area contributed by atoms with Crippen molar-refractivity contribution in [3.8, 4) is 11.3 Å². The molecule has 0 saturated carbocycles. The van der Waals surface area contributed by atoms with Gasteiger partial charge in [0, 0.05) is 34.1 Å². The molecule has 5 aromatic rings. The van der Waals surface area contributed by atoms with Crippen LogP contribution in [0.25, 0.3) is 22.4 Å². The maximum absolute atomic E-state index is 14.2. The molecule has 0 spiro atoms. The van der Waals surface area contributed by atoms with Crippen LogP contribution in [0.3, 0.4) is 0 Å². The number of furan rings is 1. The normalized spacial score (nSPS) is 11.3. The fraction of sp³-hybridized carbons (Fsp3) is 0.167. The standard InChI is InChI=1S/C24H20ClFN6O2/c1-14-11-21(30-31(14)12-17-18(25)5-3-6-19(17)26)28-22(33)13-32-24-23(15(2)29-32)16(8-9-27-24)20-7-4-10-34-20/h3-11H,12-13H2,1-2H3,(H,28,30,33). The van der Waals surface area contributed by atoms with Gasteiger partial charge >= 0.3 is 0 Å². The minimum Gasteiger partial charge on any atom is -0.464 e. The zero-order valence-corrected chi connectivity index (χ0v) is 19.2. The second-order valence-electron chi connectivity index (χ2n) is 7.85. The summed E-state index contributed by atoms with van der Waals surface area (Å²) in [6, 6.07) is 11.8. The van der Waals surface area contributed by atoms with Gasteiger partial charge in [0.05, 0.1) is 23.9 Å². The van der Waals surface area contributed by atoms with Crippen molar-refractivity contribution in [2.75, 3.05) is 5.32 Å². The van der Waals surface area contributed by atoms with E-state index in [0.717, 1.165) is 22.3 Å². The third-order valence-corrected chi connectivity index (χ3v) is 5.86. The first-order chi connectivity index (χ1) is 16.4. The summed E-state index contributed by atoms with van der Waals surface area (Å²) in [5.41, 5.74) is 3.27. The van der Waals surface area contributed by atoms with Crippen LogP contribution in [-0.2, 0) is 17.9 Å². The van der Waals surface area contributed by atoms with E-state index < -0.39 is 5.82 Å². The average molecular weight is 479 g/mol. The van der Waals surface area contributed by atoms with Crippen LogP contribution in [0.5, 0.6) is 0 Å². The molecule has 5 rings (SSSR count). The van der Waals surface area contributed by atoms with E-state index in [1.807, 2.05) is 32.0 Å². The van der Waals surface area contributed by atoms with E-state index in [0.29, 0.717) is 27.8 Å². The van der Waals surface area contributed by atoms with Gasteiger partial charge in [0.1, 0.15) is 18.1 Å². The van der Waals surface area contributed by atoms with E-state index in [2.05, 4.69) is 20.5 Å². The van der Waals surface area contributed by atoms with Gasteiger partial charge in [-0.25, -0.2) is 14.1 Å². The summed E-state index contributed by atoms with van der Waals surface area (Å²) in [6.45, 7) is 3.78. The number of halogens is 2. The highest BCUT2D eigenvalue weighted by Crippen LogP contribution is 2.30. The molecule has 0 aliphatic carbocycles. The van der Waals surface area contributed by atoms with Gasteiger partial charge in [0.25, 0.3) is 0 Å². The number of aromatic nitrogens is 5. The van der Waals surface area contributed by atoms with Crippen LogP contribution in [0.15, 0.2) is 59.3 Å². The number of hydrogen-bond donors (Lipinski definition) is 1. The first-order valence-corrected chi connectivity index (χ1v) is 10.9. The highest BCUT2D eigenvalue weighted by molar-refractivity contribution is 6.31. The van der Waals surface area contributed by atoms with Gasteiger partial charge in [-0.3, -0.25) is 9.48 Å². The number of rotatable bonds is 6. The summed E-state index contributed by atoms with van der Waals surface area (Å²) in [4.78, 5) is 17.2. The fourth-order valence-electron chi connectivity index (χ4n) is 3.91. The maximum Gasteiger partial charge on any atom is 0.247 e. The largest absolute Gasteiger partial charge is 0.464 e. The van der Waals surface area contributed by atoms with Crippen LogP contribution in [0.2, 0.25) is 5.02 Å². The second kappa shape index (κ2) is 8.75. The number of pyridine rings is 1. The summed E-state index contributed by atoms with van der Waals surface area (Å²) in [5.74, 6) is 0.335. The average Bonchev–Trinajstić information content (AvgIpc) is 3.52. The summed E-state index contributed by atoms with van der Waals surface area (Å²) in [7, 11) is 0. The van der Waals surface area contributed by atoms with Crippen molar-refractivity contribution in [3.05, 3.63) is 82.7 Å². The van der Waals surface area contributed by atoms with Crippen molar-refractivity contribution in [3.63, 3.8) is 0 Å². The Kier molecular flexibility index (Phi) is 5.62. The van der Waals surface area contributed by atoms with Crippen molar-refractivity contribution >= 4 is 34.4 Å². The highest BCUT2D eigenvalue weighted by atomic mass is 35.5. The van der Waals surface area contributed by atoms with Gasteiger partial charge in [0.2, 0.25) is 5.91 Å². The van der Waals surface area contributed by atoms with Crippen LogP contribution in [0.4, 0.5) is 10.2 Å². The Morgan fingerprint density at radius 3 is 2.76 bits per heavy atom. The molecule has 0 fully saturated rings. The number of fused-ring (bicyclic) bond motifs is 1. The van der Waals surface area contributed by atoms with E-state index in [1.54, 1.807) is 40.0 Å². The minimum atomic E-state index is -0.407. The molecule has 0 saturated heterocycles. The quantitative estimate of drug-likeness (QED) is 0.371. The smallest absolute Gasteiger partial charge is 0.247 e. The van der Waals surface area contributed by atoms with Gasteiger partial charge in [-0.2, -0.15) is 10.2 Å². The van der Waals surface area contributed by atoms with Crippen molar-refractivity contribution < 1.29 is 13.6 Å². The number of nitrogens with one attached hydrogen (secondary N) is 1. The third kappa shape index (κ3) is 4.06. The van der Waals surface area contributed by atoms with Gasteiger partial charge in [0.15, 0.2) is 11.5 Å². The monoisotopic (exact) mass is 478 g/mol. The molecule has 1 N–H and O–H groups in total. The molecule has 8 nitrogen and oxygen atoms in total. The second-order valence-corrected chi connectivity index (χ2v) is 8.26. The highest BCUT2D eigenvalue weighted by Gasteiger charge is 2.18. The van der Waals surface area contributed by atoms with Crippen LogP contribution in [0.1, 0.15) is 17.0 Å². The predicted molar refractivity (Wildman–Crippen MR) is 126 cm³/mol. The zero-order chi connectivity index (χ0) is 23.8. The molecule has 10 heteroatoms. The van der Waals surface area contributed by atoms with E-state index in [-0.39, 0.29) is 19.0 Å². The minimum absolute atomic E-state index is 0.0516. The lowest BCUT2D eigenvalue weighted by Gasteiger charge is -2.08. The third-order valence-electron chi connectivity index (χ3n) is 5.51. The molecule has 34 heavy (non-hydrogen) atoms. The zero-order valence-electron chi connectivity index (χ0n) is 18.4. The lowest BCUT2D eigenvalue weighted by molar-refractivity contribution is -0.116. The van der Waals surface area contributed by atoms with Gasteiger partial charge < -0.3 is 9.73 Å². The summed E-state index contributed by atoms with van der Waals surface area (Å²) in [6.07, 6.45) is 3.27. The van der Waals surface area contributed by atoms with Gasteiger partial charge in [-0.05, 0) is 44.2 Å². The topological polar surface area (TPSA) is 90.8 Å². The number of aryl methyl sites for hydroxylation is 2. The maximum atomic E-state index is 14.2. The molecule has 172 valence electrons. The molecule has 0 unspecified atom stereocenters. The summed E-state index contributed by atoms with van der Waals surface area (Å²) < 4.78 is 22.8.